The number of sulfonamides is 1. The number of rotatable bonds is 7. The largest absolute Gasteiger partial charge is 0.481 e. The Balaban J connectivity index is 2.48. The van der Waals surface area contributed by atoms with Gasteiger partial charge in [-0.25, -0.2) is 8.42 Å². The molecule has 0 bridgehead atoms. The fraction of sp³-hybridized carbons (Fsp3) is 0.278. The van der Waals surface area contributed by atoms with Crippen molar-refractivity contribution in [1.82, 2.24) is 0 Å². The number of benzene rings is 2. The number of carboxylic acids is 1. The third-order valence-corrected chi connectivity index (χ3v) is 6.42. The Morgan fingerprint density at radius 2 is 1.69 bits per heavy atom. The van der Waals surface area contributed by atoms with Gasteiger partial charge < -0.3 is 5.11 Å². The summed E-state index contributed by atoms with van der Waals surface area (Å²) in [5, 5.41) is 9.33. The number of halogens is 2. The quantitative estimate of drug-likeness (QED) is 0.705. The number of carboxylic acid groups (broad SMARTS) is 1. The van der Waals surface area contributed by atoms with Gasteiger partial charge in [0.15, 0.2) is 0 Å². The van der Waals surface area contributed by atoms with Crippen molar-refractivity contribution in [2.75, 3.05) is 10.8 Å². The highest BCUT2D eigenvalue weighted by Crippen LogP contribution is 2.30. The molecule has 0 atom stereocenters. The molecule has 0 saturated heterocycles. The minimum atomic E-state index is -4.00. The topological polar surface area (TPSA) is 74.7 Å². The first-order valence-corrected chi connectivity index (χ1v) is 10.1. The summed E-state index contributed by atoms with van der Waals surface area (Å²) in [6, 6.07) is 11.0. The maximum atomic E-state index is 13.1. The van der Waals surface area contributed by atoms with Crippen LogP contribution < -0.4 is 4.31 Å². The molecule has 26 heavy (non-hydrogen) atoms. The van der Waals surface area contributed by atoms with Crippen LogP contribution in [0.5, 0.6) is 0 Å². The molecular weight excluding hydrogens is 397 g/mol. The lowest BCUT2D eigenvalue weighted by Crippen LogP contribution is -2.33. The summed E-state index contributed by atoms with van der Waals surface area (Å²) in [6.45, 7) is 3.87. The Morgan fingerprint density at radius 1 is 1.08 bits per heavy atom. The van der Waals surface area contributed by atoms with Crippen LogP contribution in [0.3, 0.4) is 0 Å². The molecule has 0 aliphatic rings. The van der Waals surface area contributed by atoms with Crippen molar-refractivity contribution in [3.05, 3.63) is 58.1 Å². The van der Waals surface area contributed by atoms with Crippen molar-refractivity contribution in [3.63, 3.8) is 0 Å². The van der Waals surface area contributed by atoms with Gasteiger partial charge in [0.2, 0.25) is 0 Å². The lowest BCUT2D eigenvalue weighted by molar-refractivity contribution is -0.136. The van der Waals surface area contributed by atoms with E-state index < -0.39 is 16.0 Å². The molecule has 0 aliphatic heterocycles. The first kappa shape index (κ1) is 20.6. The third kappa shape index (κ3) is 4.69. The van der Waals surface area contributed by atoms with Gasteiger partial charge in [-0.2, -0.15) is 0 Å². The normalized spacial score (nSPS) is 11.6. The number of aliphatic carboxylic acids is 1. The van der Waals surface area contributed by atoms with Gasteiger partial charge in [0.25, 0.3) is 10.0 Å². The van der Waals surface area contributed by atoms with Crippen LogP contribution >= 0.6 is 23.2 Å². The Labute approximate surface area is 163 Å². The van der Waals surface area contributed by atoms with Gasteiger partial charge in [-0.05, 0) is 41.8 Å². The summed E-state index contributed by atoms with van der Waals surface area (Å²) >= 11 is 11.8. The zero-order chi connectivity index (χ0) is 19.5. The number of carbonyl (C=O) groups is 1. The lowest BCUT2D eigenvalue weighted by atomic mass is 10.0. The molecule has 2 aromatic carbocycles. The average molecular weight is 416 g/mol. The number of anilines is 1. The van der Waals surface area contributed by atoms with Gasteiger partial charge in [-0.1, -0.05) is 49.2 Å². The first-order chi connectivity index (χ1) is 12.1. The highest BCUT2D eigenvalue weighted by molar-refractivity contribution is 7.92. The molecule has 1 N–H and O–H groups in total. The van der Waals surface area contributed by atoms with Crippen molar-refractivity contribution in [2.24, 2.45) is 0 Å². The Hall–Kier alpha value is -1.76. The maximum Gasteiger partial charge on any atom is 0.305 e. The molecule has 0 spiro atoms. The third-order valence-electron chi connectivity index (χ3n) is 3.86. The van der Waals surface area contributed by atoms with Crippen LogP contribution in [0, 0.1) is 0 Å². The van der Waals surface area contributed by atoms with Crippen LogP contribution in [0.1, 0.15) is 31.7 Å². The number of hydrogen-bond acceptors (Lipinski definition) is 3. The molecular formula is C18H19Cl2NO4S. The lowest BCUT2D eigenvalue weighted by Gasteiger charge is -2.24. The van der Waals surface area contributed by atoms with Crippen molar-refractivity contribution >= 4 is 44.9 Å². The second kappa shape index (κ2) is 8.29. The molecule has 0 fully saturated rings. The number of hydrogen-bond donors (Lipinski definition) is 1. The maximum absolute atomic E-state index is 13.1. The van der Waals surface area contributed by atoms with E-state index in [9.17, 15) is 13.2 Å². The molecule has 0 aromatic heterocycles. The molecule has 0 aliphatic carbocycles. The summed E-state index contributed by atoms with van der Waals surface area (Å²) in [6.07, 6.45) is -0.327. The Morgan fingerprint density at radius 3 is 2.19 bits per heavy atom. The average Bonchev–Trinajstić information content (AvgIpc) is 2.57. The molecule has 140 valence electrons. The summed E-state index contributed by atoms with van der Waals surface area (Å²) in [4.78, 5) is 10.9. The molecule has 5 nitrogen and oxygen atoms in total. The van der Waals surface area contributed by atoms with Gasteiger partial charge in [-0.15, -0.1) is 0 Å². The van der Waals surface area contributed by atoms with Crippen molar-refractivity contribution in [1.29, 1.82) is 0 Å². The minimum absolute atomic E-state index is 0.0507. The van der Waals surface area contributed by atoms with E-state index in [1.54, 1.807) is 12.1 Å². The van der Waals surface area contributed by atoms with E-state index >= 15 is 0 Å². The SMILES string of the molecule is CC(C)c1ccc(N(CCC(=O)O)S(=O)(=O)c2ccc(Cl)c(Cl)c2)cc1. The van der Waals surface area contributed by atoms with Crippen LogP contribution in [0.4, 0.5) is 5.69 Å². The van der Waals surface area contributed by atoms with E-state index in [0.29, 0.717) is 11.6 Å². The highest BCUT2D eigenvalue weighted by atomic mass is 35.5. The fourth-order valence-corrected chi connectivity index (χ4v) is 4.23. The number of nitrogens with zero attached hydrogens (tertiary/aromatic N) is 1. The molecule has 2 aromatic rings. The fourth-order valence-electron chi connectivity index (χ4n) is 2.38. The van der Waals surface area contributed by atoms with E-state index in [4.69, 9.17) is 28.3 Å². The smallest absolute Gasteiger partial charge is 0.305 e. The molecule has 0 radical (unpaired) electrons. The van der Waals surface area contributed by atoms with Crippen molar-refractivity contribution in [3.8, 4) is 0 Å². The zero-order valence-corrected chi connectivity index (χ0v) is 16.6. The van der Waals surface area contributed by atoms with Crippen LogP contribution in [-0.2, 0) is 14.8 Å². The second-order valence-electron chi connectivity index (χ2n) is 6.04. The highest BCUT2D eigenvalue weighted by Gasteiger charge is 2.26. The monoisotopic (exact) mass is 415 g/mol. The molecule has 0 unspecified atom stereocenters. The second-order valence-corrected chi connectivity index (χ2v) is 8.72. The van der Waals surface area contributed by atoms with E-state index in [2.05, 4.69) is 0 Å². The van der Waals surface area contributed by atoms with Gasteiger partial charge in [0.05, 0.1) is 27.0 Å². The van der Waals surface area contributed by atoms with Gasteiger partial charge in [0.1, 0.15) is 0 Å². The van der Waals surface area contributed by atoms with Crippen molar-refractivity contribution in [2.45, 2.75) is 31.1 Å². The van der Waals surface area contributed by atoms with E-state index in [1.807, 2.05) is 26.0 Å². The molecule has 0 amide bonds. The summed E-state index contributed by atoms with van der Waals surface area (Å²) in [7, 11) is -4.00. The Kier molecular flexibility index (Phi) is 6.55. The minimum Gasteiger partial charge on any atom is -0.481 e. The van der Waals surface area contributed by atoms with Gasteiger partial charge in [0, 0.05) is 6.54 Å². The van der Waals surface area contributed by atoms with E-state index in [0.717, 1.165) is 9.87 Å². The molecule has 0 saturated carbocycles. The van der Waals surface area contributed by atoms with E-state index in [-0.39, 0.29) is 27.9 Å². The van der Waals surface area contributed by atoms with Crippen LogP contribution in [0.25, 0.3) is 0 Å². The van der Waals surface area contributed by atoms with Crippen LogP contribution in [-0.4, -0.2) is 26.0 Å². The molecule has 2 rings (SSSR count). The predicted octanol–water partition coefficient (Wildman–Crippen LogP) is 4.79. The van der Waals surface area contributed by atoms with Gasteiger partial charge in [-0.3, -0.25) is 9.10 Å². The zero-order valence-electron chi connectivity index (χ0n) is 14.3. The predicted molar refractivity (Wildman–Crippen MR) is 104 cm³/mol. The Bertz CT molecular complexity index is 896. The summed E-state index contributed by atoms with van der Waals surface area (Å²) < 4.78 is 27.2. The standard InChI is InChI=1S/C18H19Cl2NO4S/c1-12(2)13-3-5-14(6-4-13)21(10-9-18(22)23)26(24,25)15-7-8-16(19)17(20)11-15/h3-8,11-12H,9-10H2,1-2H3,(H,22,23). The summed E-state index contributed by atoms with van der Waals surface area (Å²) in [5.74, 6) is -0.790. The molecule has 0 heterocycles. The van der Waals surface area contributed by atoms with Crippen LogP contribution in [0.15, 0.2) is 47.4 Å². The molecule has 8 heteroatoms. The van der Waals surface area contributed by atoms with Crippen molar-refractivity contribution < 1.29 is 18.3 Å². The van der Waals surface area contributed by atoms with E-state index in [1.165, 1.54) is 18.2 Å². The van der Waals surface area contributed by atoms with Crippen LogP contribution in [0.2, 0.25) is 10.0 Å². The summed E-state index contributed by atoms with van der Waals surface area (Å²) in [5.41, 5.74) is 1.44. The first-order valence-electron chi connectivity index (χ1n) is 7.92. The van der Waals surface area contributed by atoms with Gasteiger partial charge >= 0.3 is 5.97 Å².